The van der Waals surface area contributed by atoms with Gasteiger partial charge in [-0.2, -0.15) is 0 Å². The third kappa shape index (κ3) is 5.36. The second kappa shape index (κ2) is 8.64. The maximum atomic E-state index is 11.8. The van der Waals surface area contributed by atoms with Gasteiger partial charge in [0.2, 0.25) is 5.91 Å². The predicted molar refractivity (Wildman–Crippen MR) is 92.5 cm³/mol. The summed E-state index contributed by atoms with van der Waals surface area (Å²) in [5, 5.41) is 8.60. The van der Waals surface area contributed by atoms with E-state index in [1.807, 2.05) is 18.2 Å². The number of ether oxygens (including phenoxy) is 1. The molecule has 0 unspecified atom stereocenters. The number of hydrogen-bond donors (Lipinski definition) is 3. The minimum atomic E-state index is -0.244. The number of aromatic nitrogens is 1. The molecule has 2 amide bonds. The van der Waals surface area contributed by atoms with Crippen molar-refractivity contribution in [3.8, 4) is 0 Å². The molecule has 7 heteroatoms. The van der Waals surface area contributed by atoms with Crippen molar-refractivity contribution >= 4 is 28.9 Å². The van der Waals surface area contributed by atoms with Gasteiger partial charge in [0.15, 0.2) is 0 Å². The van der Waals surface area contributed by atoms with Crippen LogP contribution in [0.3, 0.4) is 0 Å². The van der Waals surface area contributed by atoms with Gasteiger partial charge in [0.05, 0.1) is 18.5 Å². The number of nitrogens with one attached hydrogen (secondary N) is 3. The van der Waals surface area contributed by atoms with E-state index in [-0.39, 0.29) is 11.8 Å². The van der Waals surface area contributed by atoms with E-state index in [0.29, 0.717) is 24.5 Å². The predicted octanol–water partition coefficient (Wildman–Crippen LogP) is 2.16. The lowest BCUT2D eigenvalue weighted by atomic mass is 10.2. The molecule has 0 saturated heterocycles. The number of anilines is 3. The van der Waals surface area contributed by atoms with E-state index in [9.17, 15) is 9.59 Å². The molecule has 2 aromatic rings. The van der Waals surface area contributed by atoms with Gasteiger partial charge in [0.1, 0.15) is 5.69 Å². The average molecular weight is 328 g/mol. The van der Waals surface area contributed by atoms with Gasteiger partial charge in [0, 0.05) is 32.0 Å². The molecule has 0 spiro atoms. The van der Waals surface area contributed by atoms with Crippen molar-refractivity contribution in [2.75, 3.05) is 30.9 Å². The molecule has 24 heavy (non-hydrogen) atoms. The van der Waals surface area contributed by atoms with E-state index >= 15 is 0 Å². The van der Waals surface area contributed by atoms with Crippen LogP contribution in [0.5, 0.6) is 0 Å². The van der Waals surface area contributed by atoms with Crippen LogP contribution in [0.4, 0.5) is 17.1 Å². The Hall–Kier alpha value is -2.93. The van der Waals surface area contributed by atoms with Crippen molar-refractivity contribution in [1.29, 1.82) is 0 Å². The van der Waals surface area contributed by atoms with Crippen LogP contribution in [0.15, 0.2) is 42.6 Å². The van der Waals surface area contributed by atoms with Crippen molar-refractivity contribution in [2.24, 2.45) is 0 Å². The summed E-state index contributed by atoms with van der Waals surface area (Å²) < 4.78 is 4.88. The van der Waals surface area contributed by atoms with Crippen molar-refractivity contribution < 1.29 is 14.3 Å². The van der Waals surface area contributed by atoms with Crippen LogP contribution in [0.2, 0.25) is 0 Å². The lowest BCUT2D eigenvalue weighted by molar-refractivity contribution is -0.114. The van der Waals surface area contributed by atoms with Gasteiger partial charge in [-0.15, -0.1) is 0 Å². The van der Waals surface area contributed by atoms with Crippen LogP contribution in [0.1, 0.15) is 17.4 Å². The number of rotatable bonds is 7. The number of carbonyl (C=O) groups is 2. The SMILES string of the molecule is COCCNC(=O)c1ccc(Nc2cccc(NC(C)=O)c2)cn1. The summed E-state index contributed by atoms with van der Waals surface area (Å²) in [6.45, 7) is 2.35. The third-order valence-corrected chi connectivity index (χ3v) is 3.06. The van der Waals surface area contributed by atoms with Crippen LogP contribution in [-0.4, -0.2) is 37.1 Å². The van der Waals surface area contributed by atoms with Crippen LogP contribution < -0.4 is 16.0 Å². The number of benzene rings is 1. The molecule has 1 aromatic carbocycles. The van der Waals surface area contributed by atoms with E-state index in [4.69, 9.17) is 4.74 Å². The molecule has 0 saturated carbocycles. The van der Waals surface area contributed by atoms with E-state index < -0.39 is 0 Å². The molecule has 1 aromatic heterocycles. The van der Waals surface area contributed by atoms with E-state index in [0.717, 1.165) is 11.4 Å². The maximum absolute atomic E-state index is 11.8. The summed E-state index contributed by atoms with van der Waals surface area (Å²) in [6, 6.07) is 10.7. The molecule has 3 N–H and O–H groups in total. The van der Waals surface area contributed by atoms with Gasteiger partial charge >= 0.3 is 0 Å². The number of nitrogens with zero attached hydrogens (tertiary/aromatic N) is 1. The molecular weight excluding hydrogens is 308 g/mol. The molecule has 0 bridgehead atoms. The first kappa shape index (κ1) is 17.4. The van der Waals surface area contributed by atoms with Crippen LogP contribution in [0.25, 0.3) is 0 Å². The van der Waals surface area contributed by atoms with Crippen LogP contribution in [-0.2, 0) is 9.53 Å². The number of hydrogen-bond acceptors (Lipinski definition) is 5. The van der Waals surface area contributed by atoms with Crippen molar-refractivity contribution in [3.63, 3.8) is 0 Å². The number of pyridine rings is 1. The molecular formula is C17H20N4O3. The summed E-state index contributed by atoms with van der Waals surface area (Å²) in [7, 11) is 1.58. The molecule has 0 aliphatic heterocycles. The first-order valence-corrected chi connectivity index (χ1v) is 7.46. The lowest BCUT2D eigenvalue weighted by Gasteiger charge is -2.09. The Morgan fingerprint density at radius 2 is 1.92 bits per heavy atom. The zero-order valence-electron chi connectivity index (χ0n) is 13.6. The highest BCUT2D eigenvalue weighted by Crippen LogP contribution is 2.19. The minimum Gasteiger partial charge on any atom is -0.383 e. The summed E-state index contributed by atoms with van der Waals surface area (Å²) in [6.07, 6.45) is 1.58. The Morgan fingerprint density at radius 3 is 2.58 bits per heavy atom. The normalized spacial score (nSPS) is 10.1. The zero-order chi connectivity index (χ0) is 17.4. The molecule has 0 fully saturated rings. The van der Waals surface area contributed by atoms with Crippen LogP contribution >= 0.6 is 0 Å². The van der Waals surface area contributed by atoms with Gasteiger partial charge in [-0.1, -0.05) is 6.07 Å². The molecule has 0 aliphatic carbocycles. The monoisotopic (exact) mass is 328 g/mol. The molecule has 0 radical (unpaired) electrons. The quantitative estimate of drug-likeness (QED) is 0.677. The molecule has 7 nitrogen and oxygen atoms in total. The Morgan fingerprint density at radius 1 is 1.12 bits per heavy atom. The summed E-state index contributed by atoms with van der Waals surface area (Å²) >= 11 is 0. The lowest BCUT2D eigenvalue weighted by Crippen LogP contribution is -2.27. The Labute approximate surface area is 140 Å². The molecule has 1 heterocycles. The summed E-state index contributed by atoms with van der Waals surface area (Å²) in [5.41, 5.74) is 2.59. The average Bonchev–Trinajstić information content (AvgIpc) is 2.55. The topological polar surface area (TPSA) is 92.4 Å². The standard InChI is InChI=1S/C17H20N4O3/c1-12(22)20-13-4-3-5-14(10-13)21-15-6-7-16(19-11-15)17(23)18-8-9-24-2/h3-7,10-11,21H,8-9H2,1-2H3,(H,18,23)(H,20,22). The molecule has 0 atom stereocenters. The highest BCUT2D eigenvalue weighted by atomic mass is 16.5. The Balaban J connectivity index is 1.98. The fourth-order valence-corrected chi connectivity index (χ4v) is 2.00. The van der Waals surface area contributed by atoms with E-state index in [1.54, 1.807) is 31.5 Å². The first-order valence-electron chi connectivity index (χ1n) is 7.46. The van der Waals surface area contributed by atoms with Gasteiger partial charge in [0.25, 0.3) is 5.91 Å². The Kier molecular flexibility index (Phi) is 6.27. The second-order valence-electron chi connectivity index (χ2n) is 5.07. The van der Waals surface area contributed by atoms with E-state index in [2.05, 4.69) is 20.9 Å². The first-order chi connectivity index (χ1) is 11.6. The van der Waals surface area contributed by atoms with Gasteiger partial charge < -0.3 is 20.7 Å². The zero-order valence-corrected chi connectivity index (χ0v) is 13.6. The molecule has 0 aliphatic rings. The van der Waals surface area contributed by atoms with Gasteiger partial charge in [-0.25, -0.2) is 4.98 Å². The fourth-order valence-electron chi connectivity index (χ4n) is 2.00. The van der Waals surface area contributed by atoms with Crippen molar-refractivity contribution in [1.82, 2.24) is 10.3 Å². The number of carbonyl (C=O) groups excluding carboxylic acids is 2. The summed E-state index contributed by atoms with van der Waals surface area (Å²) in [4.78, 5) is 27.1. The smallest absolute Gasteiger partial charge is 0.269 e. The second-order valence-corrected chi connectivity index (χ2v) is 5.07. The highest BCUT2D eigenvalue weighted by Gasteiger charge is 2.06. The maximum Gasteiger partial charge on any atom is 0.269 e. The van der Waals surface area contributed by atoms with E-state index in [1.165, 1.54) is 6.92 Å². The molecule has 2 rings (SSSR count). The van der Waals surface area contributed by atoms with Crippen molar-refractivity contribution in [3.05, 3.63) is 48.3 Å². The largest absolute Gasteiger partial charge is 0.383 e. The fraction of sp³-hybridized carbons (Fsp3) is 0.235. The van der Waals surface area contributed by atoms with Crippen molar-refractivity contribution in [2.45, 2.75) is 6.92 Å². The number of amides is 2. The minimum absolute atomic E-state index is 0.127. The Bertz CT molecular complexity index is 701. The highest BCUT2D eigenvalue weighted by molar-refractivity contribution is 5.92. The number of methoxy groups -OCH3 is 1. The third-order valence-electron chi connectivity index (χ3n) is 3.06. The van der Waals surface area contributed by atoms with Gasteiger partial charge in [-0.05, 0) is 30.3 Å². The summed E-state index contributed by atoms with van der Waals surface area (Å²) in [5.74, 6) is -0.371. The van der Waals surface area contributed by atoms with Gasteiger partial charge in [-0.3, -0.25) is 9.59 Å². The molecule has 126 valence electrons. The van der Waals surface area contributed by atoms with Crippen LogP contribution in [0, 0.1) is 0 Å².